The zero-order valence-electron chi connectivity index (χ0n) is 18.0. The number of carbonyl (C=O) groups is 1. The summed E-state index contributed by atoms with van der Waals surface area (Å²) in [5.41, 5.74) is 0.891. The number of aromatic nitrogens is 2. The molecule has 11 heteroatoms. The molecule has 1 saturated heterocycles. The number of ether oxygens (including phenoxy) is 1. The lowest BCUT2D eigenvalue weighted by Gasteiger charge is -2.27. The molecule has 33 heavy (non-hydrogen) atoms. The van der Waals surface area contributed by atoms with Crippen LogP contribution in [0.1, 0.15) is 23.2 Å². The summed E-state index contributed by atoms with van der Waals surface area (Å²) in [5.74, 6) is -0.503. The van der Waals surface area contributed by atoms with Gasteiger partial charge in [0.1, 0.15) is 5.03 Å². The van der Waals surface area contributed by atoms with Crippen LogP contribution in [0.15, 0.2) is 34.1 Å². The van der Waals surface area contributed by atoms with Crippen molar-refractivity contribution in [3.8, 4) is 0 Å². The third-order valence-corrected chi connectivity index (χ3v) is 6.78. The molecule has 0 spiro atoms. The number of alkyl halides is 3. The molecule has 0 unspecified atom stereocenters. The summed E-state index contributed by atoms with van der Waals surface area (Å²) in [6.07, 6.45) is -1.98. The van der Waals surface area contributed by atoms with Crippen LogP contribution in [-0.2, 0) is 35.1 Å². The van der Waals surface area contributed by atoms with E-state index in [1.807, 2.05) is 0 Å². The SMILES string of the molecule is O=C(CSc1nc(=O)n(CCN2CCOCC2)c2c1CCC2)Nc1cccc(C(F)(F)F)c1. The number of rotatable bonds is 7. The van der Waals surface area contributed by atoms with Gasteiger partial charge >= 0.3 is 11.9 Å². The number of nitrogens with one attached hydrogen (secondary N) is 1. The number of thioether (sulfide) groups is 1. The van der Waals surface area contributed by atoms with Crippen LogP contribution < -0.4 is 11.0 Å². The average molecular weight is 483 g/mol. The first-order valence-corrected chi connectivity index (χ1v) is 11.8. The van der Waals surface area contributed by atoms with Crippen LogP contribution in [0.4, 0.5) is 18.9 Å². The number of amides is 1. The molecule has 2 aliphatic rings. The minimum Gasteiger partial charge on any atom is -0.379 e. The number of anilines is 1. The molecule has 1 aliphatic carbocycles. The van der Waals surface area contributed by atoms with E-state index < -0.39 is 17.6 Å². The van der Waals surface area contributed by atoms with Crippen molar-refractivity contribution in [1.82, 2.24) is 14.5 Å². The minimum absolute atomic E-state index is 0.0487. The first-order chi connectivity index (χ1) is 15.8. The molecule has 1 aromatic carbocycles. The van der Waals surface area contributed by atoms with E-state index >= 15 is 0 Å². The smallest absolute Gasteiger partial charge is 0.379 e. The molecule has 0 radical (unpaired) electrons. The van der Waals surface area contributed by atoms with Gasteiger partial charge in [0.2, 0.25) is 5.91 Å². The predicted octanol–water partition coefficient (Wildman–Crippen LogP) is 2.81. The standard InChI is InChI=1S/C22H25F3N4O3S/c23-22(24,25)15-3-1-4-16(13-15)26-19(30)14-33-20-17-5-2-6-18(17)29(21(31)27-20)8-7-28-9-11-32-12-10-28/h1,3-4,13H,2,5-12,14H2,(H,26,30). The molecule has 178 valence electrons. The summed E-state index contributed by atoms with van der Waals surface area (Å²) in [6, 6.07) is 4.50. The van der Waals surface area contributed by atoms with Crippen molar-refractivity contribution in [2.24, 2.45) is 0 Å². The van der Waals surface area contributed by atoms with E-state index in [2.05, 4.69) is 15.2 Å². The molecule has 0 saturated carbocycles. The highest BCUT2D eigenvalue weighted by Crippen LogP contribution is 2.31. The van der Waals surface area contributed by atoms with Crippen molar-refractivity contribution in [2.45, 2.75) is 37.0 Å². The fourth-order valence-corrected chi connectivity index (χ4v) is 4.98. The lowest BCUT2D eigenvalue weighted by molar-refractivity contribution is -0.137. The Hall–Kier alpha value is -2.37. The highest BCUT2D eigenvalue weighted by Gasteiger charge is 2.30. The highest BCUT2D eigenvalue weighted by molar-refractivity contribution is 8.00. The second kappa shape index (κ2) is 10.3. The van der Waals surface area contributed by atoms with Gasteiger partial charge in [-0.25, -0.2) is 4.79 Å². The van der Waals surface area contributed by atoms with E-state index in [-0.39, 0.29) is 17.1 Å². The quantitative estimate of drug-likeness (QED) is 0.483. The van der Waals surface area contributed by atoms with Crippen LogP contribution in [0.3, 0.4) is 0 Å². The van der Waals surface area contributed by atoms with Gasteiger partial charge < -0.3 is 10.1 Å². The van der Waals surface area contributed by atoms with E-state index in [9.17, 15) is 22.8 Å². The monoisotopic (exact) mass is 482 g/mol. The summed E-state index contributed by atoms with van der Waals surface area (Å²) in [6.45, 7) is 4.41. The Morgan fingerprint density at radius 1 is 1.18 bits per heavy atom. The molecule has 1 fully saturated rings. The van der Waals surface area contributed by atoms with Gasteiger partial charge in [-0.3, -0.25) is 14.3 Å². The summed E-state index contributed by atoms with van der Waals surface area (Å²) < 4.78 is 45.7. The van der Waals surface area contributed by atoms with Crippen molar-refractivity contribution < 1.29 is 22.7 Å². The largest absolute Gasteiger partial charge is 0.416 e. The molecule has 1 amide bonds. The van der Waals surface area contributed by atoms with Crippen LogP contribution in [0, 0.1) is 0 Å². The predicted molar refractivity (Wildman–Crippen MR) is 119 cm³/mol. The van der Waals surface area contributed by atoms with E-state index in [1.165, 1.54) is 12.1 Å². The first-order valence-electron chi connectivity index (χ1n) is 10.8. The summed E-state index contributed by atoms with van der Waals surface area (Å²) in [5, 5.41) is 3.02. The zero-order valence-corrected chi connectivity index (χ0v) is 18.8. The van der Waals surface area contributed by atoms with Crippen LogP contribution in [0.25, 0.3) is 0 Å². The lowest BCUT2D eigenvalue weighted by Crippen LogP contribution is -2.40. The Morgan fingerprint density at radius 2 is 1.97 bits per heavy atom. The van der Waals surface area contributed by atoms with Crippen LogP contribution in [-0.4, -0.2) is 59.0 Å². The Labute approximate surface area is 193 Å². The Morgan fingerprint density at radius 3 is 2.73 bits per heavy atom. The van der Waals surface area contributed by atoms with Gasteiger partial charge in [0.15, 0.2) is 0 Å². The number of carbonyl (C=O) groups excluding carboxylic acids is 1. The van der Waals surface area contributed by atoms with E-state index in [1.54, 1.807) is 4.57 Å². The van der Waals surface area contributed by atoms with Gasteiger partial charge in [0.05, 0.1) is 24.5 Å². The lowest BCUT2D eigenvalue weighted by atomic mass is 10.2. The average Bonchev–Trinajstić information content (AvgIpc) is 3.27. The normalized spacial score (nSPS) is 16.6. The Kier molecular flexibility index (Phi) is 7.40. The van der Waals surface area contributed by atoms with E-state index in [0.717, 1.165) is 74.0 Å². The fourth-order valence-electron chi connectivity index (χ4n) is 4.11. The second-order valence-corrected chi connectivity index (χ2v) is 8.96. The van der Waals surface area contributed by atoms with Crippen LogP contribution in [0.5, 0.6) is 0 Å². The molecule has 0 bridgehead atoms. The van der Waals surface area contributed by atoms with Gasteiger partial charge in [-0.2, -0.15) is 18.2 Å². The Bertz CT molecular complexity index is 1070. The van der Waals surface area contributed by atoms with Crippen LogP contribution in [0.2, 0.25) is 0 Å². The minimum atomic E-state index is -4.48. The number of nitrogens with zero attached hydrogens (tertiary/aromatic N) is 3. The highest BCUT2D eigenvalue weighted by atomic mass is 32.2. The summed E-state index contributed by atoms with van der Waals surface area (Å²) >= 11 is 1.15. The maximum absolute atomic E-state index is 12.9. The van der Waals surface area contributed by atoms with Gasteiger partial charge in [-0.05, 0) is 37.5 Å². The number of halogens is 3. The molecular weight excluding hydrogens is 457 g/mol. The van der Waals surface area contributed by atoms with E-state index in [0.29, 0.717) is 24.8 Å². The molecule has 1 aromatic heterocycles. The number of benzene rings is 1. The number of fused-ring (bicyclic) bond motifs is 1. The molecule has 1 aliphatic heterocycles. The molecular formula is C22H25F3N4O3S. The van der Waals surface area contributed by atoms with Crippen molar-refractivity contribution in [1.29, 1.82) is 0 Å². The molecule has 0 atom stereocenters. The van der Waals surface area contributed by atoms with Gasteiger partial charge in [0.25, 0.3) is 0 Å². The number of hydrogen-bond donors (Lipinski definition) is 1. The fraction of sp³-hybridized carbons (Fsp3) is 0.500. The zero-order chi connectivity index (χ0) is 23.4. The summed E-state index contributed by atoms with van der Waals surface area (Å²) in [4.78, 5) is 31.6. The van der Waals surface area contributed by atoms with Crippen molar-refractivity contribution >= 4 is 23.4 Å². The molecule has 7 nitrogen and oxygen atoms in total. The van der Waals surface area contributed by atoms with Gasteiger partial charge in [0, 0.05) is 43.1 Å². The van der Waals surface area contributed by atoms with Crippen molar-refractivity contribution in [3.05, 3.63) is 51.6 Å². The molecule has 1 N–H and O–H groups in total. The Balaban J connectivity index is 1.40. The van der Waals surface area contributed by atoms with Crippen molar-refractivity contribution in [3.63, 3.8) is 0 Å². The second-order valence-electron chi connectivity index (χ2n) is 8.00. The maximum atomic E-state index is 12.9. The molecule has 2 aromatic rings. The van der Waals surface area contributed by atoms with Gasteiger partial charge in [-0.15, -0.1) is 0 Å². The topological polar surface area (TPSA) is 76.5 Å². The van der Waals surface area contributed by atoms with Crippen molar-refractivity contribution in [2.75, 3.05) is 43.9 Å². The third-order valence-electron chi connectivity index (χ3n) is 5.76. The first kappa shape index (κ1) is 23.8. The van der Waals surface area contributed by atoms with Crippen LogP contribution >= 0.6 is 11.8 Å². The number of morpholine rings is 1. The van der Waals surface area contributed by atoms with Gasteiger partial charge in [-0.1, -0.05) is 17.8 Å². The third kappa shape index (κ3) is 5.96. The number of hydrogen-bond acceptors (Lipinski definition) is 6. The summed E-state index contributed by atoms with van der Waals surface area (Å²) in [7, 11) is 0. The van der Waals surface area contributed by atoms with E-state index in [4.69, 9.17) is 4.74 Å². The maximum Gasteiger partial charge on any atom is 0.416 e. The molecule has 4 rings (SSSR count). The molecule has 2 heterocycles.